The van der Waals surface area contributed by atoms with Gasteiger partial charge in [0.1, 0.15) is 5.69 Å². The van der Waals surface area contributed by atoms with Gasteiger partial charge in [0, 0.05) is 22.1 Å². The van der Waals surface area contributed by atoms with Crippen molar-refractivity contribution in [3.63, 3.8) is 0 Å². The van der Waals surface area contributed by atoms with E-state index in [0.717, 1.165) is 10.0 Å². The molecule has 0 radical (unpaired) electrons. The zero-order valence-electron chi connectivity index (χ0n) is 12.8. The molecule has 0 saturated heterocycles. The highest BCUT2D eigenvalue weighted by Gasteiger charge is 2.17. The van der Waals surface area contributed by atoms with Gasteiger partial charge in [0.05, 0.1) is 11.5 Å². The van der Waals surface area contributed by atoms with Gasteiger partial charge in [-0.05, 0) is 30.8 Å². The number of rotatable bonds is 6. The molecule has 0 fully saturated rings. The maximum absolute atomic E-state index is 12.1. The van der Waals surface area contributed by atoms with E-state index < -0.39 is 4.92 Å². The van der Waals surface area contributed by atoms with E-state index in [9.17, 15) is 14.9 Å². The van der Waals surface area contributed by atoms with E-state index in [1.54, 1.807) is 7.05 Å². The predicted molar refractivity (Wildman–Crippen MR) is 97.2 cm³/mol. The lowest BCUT2D eigenvalue weighted by atomic mass is 10.2. The van der Waals surface area contributed by atoms with E-state index in [-0.39, 0.29) is 28.8 Å². The molecule has 1 amide bonds. The second-order valence-electron chi connectivity index (χ2n) is 5.23. The molecular weight excluding hydrogens is 398 g/mol. The number of carbonyl (C=O) groups is 1. The van der Waals surface area contributed by atoms with Crippen molar-refractivity contribution >= 4 is 44.8 Å². The van der Waals surface area contributed by atoms with Crippen LogP contribution in [0.5, 0.6) is 0 Å². The van der Waals surface area contributed by atoms with Crippen molar-refractivity contribution in [3.8, 4) is 0 Å². The Morgan fingerprint density at radius 3 is 2.71 bits per heavy atom. The highest BCUT2D eigenvalue weighted by atomic mass is 79.9. The number of carbonyl (C=O) groups excluding carboxylic acids is 1. The van der Waals surface area contributed by atoms with Gasteiger partial charge in [-0.15, -0.1) is 0 Å². The number of benzene rings is 2. The monoisotopic (exact) mass is 411 g/mol. The molecule has 6 nitrogen and oxygen atoms in total. The summed E-state index contributed by atoms with van der Waals surface area (Å²) in [4.78, 5) is 24.4. The Hall–Kier alpha value is -1.96. The Kier molecular flexibility index (Phi) is 6.30. The molecule has 126 valence electrons. The average molecular weight is 413 g/mol. The quantitative estimate of drug-likeness (QED) is 0.573. The third kappa shape index (κ3) is 5.02. The van der Waals surface area contributed by atoms with E-state index in [2.05, 4.69) is 21.2 Å². The molecule has 24 heavy (non-hydrogen) atoms. The normalized spacial score (nSPS) is 10.7. The molecule has 1 N–H and O–H groups in total. The fourth-order valence-electron chi connectivity index (χ4n) is 2.17. The van der Waals surface area contributed by atoms with Gasteiger partial charge >= 0.3 is 0 Å². The third-order valence-electron chi connectivity index (χ3n) is 3.24. The Balaban J connectivity index is 2.01. The number of anilines is 1. The van der Waals surface area contributed by atoms with Crippen LogP contribution in [0.2, 0.25) is 5.02 Å². The smallest absolute Gasteiger partial charge is 0.294 e. The van der Waals surface area contributed by atoms with Gasteiger partial charge in [0.25, 0.3) is 5.69 Å². The molecule has 0 unspecified atom stereocenters. The number of likely N-dealkylation sites (N-methyl/N-ethyl adjacent to an activating group) is 1. The van der Waals surface area contributed by atoms with Crippen molar-refractivity contribution in [2.75, 3.05) is 18.9 Å². The summed E-state index contributed by atoms with van der Waals surface area (Å²) >= 11 is 9.22. The Morgan fingerprint density at radius 1 is 1.33 bits per heavy atom. The summed E-state index contributed by atoms with van der Waals surface area (Å²) in [6, 6.07) is 11.9. The van der Waals surface area contributed by atoms with E-state index in [4.69, 9.17) is 11.6 Å². The van der Waals surface area contributed by atoms with Gasteiger partial charge in [0.2, 0.25) is 5.91 Å². The lowest BCUT2D eigenvalue weighted by molar-refractivity contribution is -0.383. The van der Waals surface area contributed by atoms with E-state index in [0.29, 0.717) is 6.54 Å². The number of nitro benzene ring substituents is 1. The van der Waals surface area contributed by atoms with Gasteiger partial charge in [-0.3, -0.25) is 19.8 Å². The first kappa shape index (κ1) is 18.4. The van der Waals surface area contributed by atoms with Crippen molar-refractivity contribution < 1.29 is 9.72 Å². The highest BCUT2D eigenvalue weighted by molar-refractivity contribution is 9.10. The maximum atomic E-state index is 12.1. The van der Waals surface area contributed by atoms with Crippen molar-refractivity contribution in [2.24, 2.45) is 0 Å². The Bertz CT molecular complexity index is 770. The number of nitrogens with zero attached hydrogens (tertiary/aromatic N) is 2. The van der Waals surface area contributed by atoms with Crippen LogP contribution in [0.3, 0.4) is 0 Å². The molecule has 2 aromatic rings. The zero-order chi connectivity index (χ0) is 17.7. The number of nitrogens with one attached hydrogen (secondary N) is 1. The lowest BCUT2D eigenvalue weighted by Gasteiger charge is -2.17. The molecule has 0 heterocycles. The molecule has 0 aromatic heterocycles. The van der Waals surface area contributed by atoms with Crippen molar-refractivity contribution in [1.29, 1.82) is 0 Å². The maximum Gasteiger partial charge on any atom is 0.294 e. The molecule has 0 aliphatic rings. The van der Waals surface area contributed by atoms with E-state index in [1.165, 1.54) is 18.2 Å². The molecular formula is C16H15BrClN3O3. The molecule has 0 spiro atoms. The highest BCUT2D eigenvalue weighted by Crippen LogP contribution is 2.27. The number of amides is 1. The topological polar surface area (TPSA) is 75.5 Å². The minimum Gasteiger partial charge on any atom is -0.319 e. The minimum absolute atomic E-state index is 0.0983. The fourth-order valence-corrected chi connectivity index (χ4v) is 2.75. The fraction of sp³-hybridized carbons (Fsp3) is 0.188. The summed E-state index contributed by atoms with van der Waals surface area (Å²) in [5.74, 6) is -0.338. The van der Waals surface area contributed by atoms with Crippen LogP contribution in [-0.4, -0.2) is 29.3 Å². The van der Waals surface area contributed by atoms with Gasteiger partial charge in [0.15, 0.2) is 0 Å². The van der Waals surface area contributed by atoms with Crippen LogP contribution in [0.15, 0.2) is 46.9 Å². The van der Waals surface area contributed by atoms with Gasteiger partial charge in [-0.2, -0.15) is 0 Å². The van der Waals surface area contributed by atoms with E-state index >= 15 is 0 Å². The van der Waals surface area contributed by atoms with E-state index in [1.807, 2.05) is 29.2 Å². The summed E-state index contributed by atoms with van der Waals surface area (Å²) in [6.45, 7) is 0.665. The second-order valence-corrected chi connectivity index (χ2v) is 6.52. The molecule has 2 aromatic carbocycles. The second kappa shape index (κ2) is 8.23. The standard InChI is InChI=1S/C16H15BrClN3O3/c1-20(9-11-4-2-3-5-13(11)17)10-16(22)19-14-7-6-12(18)8-15(14)21(23)24/h2-8H,9-10H2,1H3,(H,19,22). The summed E-state index contributed by atoms with van der Waals surface area (Å²) < 4.78 is 0.964. The van der Waals surface area contributed by atoms with Gasteiger partial charge in [-0.25, -0.2) is 0 Å². The average Bonchev–Trinajstić information content (AvgIpc) is 2.51. The first-order valence-corrected chi connectivity index (χ1v) is 8.19. The van der Waals surface area contributed by atoms with Gasteiger partial charge < -0.3 is 5.32 Å². The number of hydrogen-bond acceptors (Lipinski definition) is 4. The van der Waals surface area contributed by atoms with Crippen LogP contribution in [0.1, 0.15) is 5.56 Å². The van der Waals surface area contributed by atoms with Crippen LogP contribution in [0, 0.1) is 10.1 Å². The van der Waals surface area contributed by atoms with Crippen LogP contribution in [0.25, 0.3) is 0 Å². The van der Waals surface area contributed by atoms with Crippen LogP contribution >= 0.6 is 27.5 Å². The Labute approximate surface area is 152 Å². The molecule has 2 rings (SSSR count). The van der Waals surface area contributed by atoms with Crippen LogP contribution < -0.4 is 5.32 Å². The molecule has 0 bridgehead atoms. The summed E-state index contributed by atoms with van der Waals surface area (Å²) in [7, 11) is 1.80. The van der Waals surface area contributed by atoms with Gasteiger partial charge in [-0.1, -0.05) is 45.7 Å². The summed E-state index contributed by atoms with van der Waals surface area (Å²) in [5.41, 5.74) is 0.943. The van der Waals surface area contributed by atoms with Crippen molar-refractivity contribution in [2.45, 2.75) is 6.54 Å². The largest absolute Gasteiger partial charge is 0.319 e. The predicted octanol–water partition coefficient (Wildman–Crippen LogP) is 4.08. The van der Waals surface area contributed by atoms with Crippen molar-refractivity contribution in [1.82, 2.24) is 4.90 Å². The zero-order valence-corrected chi connectivity index (χ0v) is 15.2. The van der Waals surface area contributed by atoms with Crippen molar-refractivity contribution in [3.05, 3.63) is 67.6 Å². The molecule has 0 atom stereocenters. The number of nitro groups is 1. The lowest BCUT2D eigenvalue weighted by Crippen LogP contribution is -2.30. The summed E-state index contributed by atoms with van der Waals surface area (Å²) in [5, 5.41) is 13.8. The first-order chi connectivity index (χ1) is 11.4. The SMILES string of the molecule is CN(CC(=O)Nc1ccc(Cl)cc1[N+](=O)[O-])Cc1ccccc1Br. The Morgan fingerprint density at radius 2 is 2.04 bits per heavy atom. The molecule has 0 aliphatic carbocycles. The van der Waals surface area contributed by atoms with Crippen LogP contribution in [-0.2, 0) is 11.3 Å². The minimum atomic E-state index is -0.577. The molecule has 0 saturated carbocycles. The summed E-state index contributed by atoms with van der Waals surface area (Å²) in [6.07, 6.45) is 0. The van der Waals surface area contributed by atoms with Crippen LogP contribution in [0.4, 0.5) is 11.4 Å². The number of hydrogen-bond donors (Lipinski definition) is 1. The number of halogens is 2. The first-order valence-electron chi connectivity index (χ1n) is 7.02. The third-order valence-corrected chi connectivity index (χ3v) is 4.25. The molecule has 8 heteroatoms. The molecule has 0 aliphatic heterocycles.